The first-order valence-corrected chi connectivity index (χ1v) is 12.5. The van der Waals surface area contributed by atoms with Crippen LogP contribution in [0, 0.1) is 5.92 Å². The number of nitrogens with one attached hydrogen (secondary N) is 3. The summed E-state index contributed by atoms with van der Waals surface area (Å²) < 4.78 is 0. The Kier molecular flexibility index (Phi) is 15.4. The number of carbonyl (C=O) groups excluding carboxylic acids is 3. The maximum atomic E-state index is 12.7. The van der Waals surface area contributed by atoms with Crippen molar-refractivity contribution >= 4 is 18.0 Å². The second-order valence-corrected chi connectivity index (χ2v) is 9.21. The van der Waals surface area contributed by atoms with Gasteiger partial charge in [-0.25, -0.2) is 0 Å². The van der Waals surface area contributed by atoms with Crippen molar-refractivity contribution < 1.29 is 14.4 Å². The van der Waals surface area contributed by atoms with Crippen LogP contribution in [0.25, 0.3) is 0 Å². The molecular formula is C24H46N4O3. The Morgan fingerprint density at radius 2 is 1.71 bits per heavy atom. The smallest absolute Gasteiger partial charge is 0.237 e. The van der Waals surface area contributed by atoms with E-state index in [1.54, 1.807) is 0 Å². The third kappa shape index (κ3) is 13.0. The Morgan fingerprint density at radius 1 is 1.06 bits per heavy atom. The molecule has 1 rings (SSSR count). The predicted octanol–water partition coefficient (Wildman–Crippen LogP) is 2.47. The minimum absolute atomic E-state index is 0.0372. The molecule has 0 saturated carbocycles. The average Bonchev–Trinajstić information content (AvgIpc) is 3.20. The third-order valence-corrected chi connectivity index (χ3v) is 6.08. The average molecular weight is 439 g/mol. The van der Waals surface area contributed by atoms with Crippen LogP contribution in [0.4, 0.5) is 0 Å². The lowest BCUT2D eigenvalue weighted by atomic mass is 10.0. The molecule has 0 aromatic carbocycles. The molecule has 1 heterocycles. The van der Waals surface area contributed by atoms with Crippen LogP contribution in [-0.2, 0) is 14.4 Å². The highest BCUT2D eigenvalue weighted by atomic mass is 16.2. The predicted molar refractivity (Wildman–Crippen MR) is 126 cm³/mol. The number of rotatable bonds is 19. The van der Waals surface area contributed by atoms with Crippen molar-refractivity contribution in [1.29, 1.82) is 0 Å². The quantitative estimate of drug-likeness (QED) is 0.182. The van der Waals surface area contributed by atoms with Crippen molar-refractivity contribution in [2.45, 2.75) is 109 Å². The van der Waals surface area contributed by atoms with Gasteiger partial charge in [0, 0.05) is 0 Å². The first-order chi connectivity index (χ1) is 15.0. The summed E-state index contributed by atoms with van der Waals surface area (Å²) in [6.07, 6.45) is 12.8. The van der Waals surface area contributed by atoms with Crippen LogP contribution >= 0.6 is 0 Å². The number of carbonyl (C=O) groups is 3. The molecule has 0 radical (unpaired) electrons. The summed E-state index contributed by atoms with van der Waals surface area (Å²) in [7, 11) is 0. The van der Waals surface area contributed by atoms with Gasteiger partial charge in [0.15, 0.2) is 5.78 Å². The molecule has 7 nitrogen and oxygen atoms in total. The summed E-state index contributed by atoms with van der Waals surface area (Å²) >= 11 is 0. The first kappa shape index (κ1) is 27.7. The SMILES string of the molecule is CCCCNCC(=O)[C@H](CCCCCCCCC[C@H](N)C=O)NC(=O)C1C[C@@H](C)CN1. The Morgan fingerprint density at radius 3 is 2.29 bits per heavy atom. The van der Waals surface area contributed by atoms with E-state index in [0.717, 1.165) is 90.0 Å². The molecule has 0 aromatic heterocycles. The van der Waals surface area contributed by atoms with Crippen LogP contribution in [0.1, 0.15) is 90.9 Å². The van der Waals surface area contributed by atoms with E-state index >= 15 is 0 Å². The normalized spacial score (nSPS) is 20.4. The van der Waals surface area contributed by atoms with Crippen LogP contribution in [0.2, 0.25) is 0 Å². The summed E-state index contributed by atoms with van der Waals surface area (Å²) in [6.45, 7) is 6.28. The second kappa shape index (κ2) is 17.3. The monoisotopic (exact) mass is 438 g/mol. The molecule has 0 spiro atoms. The van der Waals surface area contributed by atoms with Crippen LogP contribution in [0.5, 0.6) is 0 Å². The number of Topliss-reactive ketones (excluding diaryl/α,β-unsaturated/α-hetero) is 1. The molecule has 1 unspecified atom stereocenters. The highest BCUT2D eigenvalue weighted by Gasteiger charge is 2.29. The van der Waals surface area contributed by atoms with Gasteiger partial charge in [-0.15, -0.1) is 0 Å². The summed E-state index contributed by atoms with van der Waals surface area (Å²) in [4.78, 5) is 35.8. The van der Waals surface area contributed by atoms with Gasteiger partial charge in [-0.2, -0.15) is 0 Å². The van der Waals surface area contributed by atoms with Gasteiger partial charge < -0.3 is 26.5 Å². The van der Waals surface area contributed by atoms with E-state index in [9.17, 15) is 14.4 Å². The van der Waals surface area contributed by atoms with Gasteiger partial charge in [-0.05, 0) is 44.7 Å². The fourth-order valence-electron chi connectivity index (χ4n) is 4.02. The number of hydrogen-bond donors (Lipinski definition) is 4. The highest BCUT2D eigenvalue weighted by molar-refractivity contribution is 5.92. The van der Waals surface area contributed by atoms with Crippen molar-refractivity contribution in [3.05, 3.63) is 0 Å². The largest absolute Gasteiger partial charge is 0.345 e. The Hall–Kier alpha value is -1.31. The van der Waals surface area contributed by atoms with Gasteiger partial charge in [0.1, 0.15) is 6.29 Å². The van der Waals surface area contributed by atoms with E-state index < -0.39 is 6.04 Å². The van der Waals surface area contributed by atoms with Crippen molar-refractivity contribution in [3.63, 3.8) is 0 Å². The maximum absolute atomic E-state index is 12.7. The van der Waals surface area contributed by atoms with Crippen molar-refractivity contribution in [2.75, 3.05) is 19.6 Å². The first-order valence-electron chi connectivity index (χ1n) is 12.5. The highest BCUT2D eigenvalue weighted by Crippen LogP contribution is 2.14. The lowest BCUT2D eigenvalue weighted by molar-refractivity contribution is -0.128. The molecule has 1 saturated heterocycles. The summed E-state index contributed by atoms with van der Waals surface area (Å²) in [5.41, 5.74) is 5.60. The van der Waals surface area contributed by atoms with Crippen LogP contribution < -0.4 is 21.7 Å². The van der Waals surface area contributed by atoms with Gasteiger partial charge in [-0.3, -0.25) is 9.59 Å². The van der Waals surface area contributed by atoms with Gasteiger partial charge in [0.25, 0.3) is 0 Å². The number of nitrogens with two attached hydrogens (primary N) is 1. The standard InChI is InChI=1S/C24H46N4O3/c1-3-4-14-26-17-23(30)21(28-24(31)22-15-19(2)16-27-22)13-11-9-7-5-6-8-10-12-20(25)18-29/h18-22,26-27H,3-17,25H2,1-2H3,(H,28,31)/t19-,20+,21+,22?/m1/s1. The van der Waals surface area contributed by atoms with Gasteiger partial charge >= 0.3 is 0 Å². The second-order valence-electron chi connectivity index (χ2n) is 9.21. The van der Waals surface area contributed by atoms with E-state index in [2.05, 4.69) is 29.8 Å². The van der Waals surface area contributed by atoms with E-state index in [1.807, 2.05) is 0 Å². The molecule has 1 aliphatic rings. The van der Waals surface area contributed by atoms with E-state index in [-0.39, 0.29) is 23.8 Å². The zero-order valence-electron chi connectivity index (χ0n) is 19.8. The molecule has 0 aromatic rings. The zero-order chi connectivity index (χ0) is 22.9. The molecule has 0 aliphatic carbocycles. The fourth-order valence-corrected chi connectivity index (χ4v) is 4.02. The minimum Gasteiger partial charge on any atom is -0.345 e. The number of hydrogen-bond acceptors (Lipinski definition) is 6. The minimum atomic E-state index is -0.399. The van der Waals surface area contributed by atoms with Crippen LogP contribution in [0.3, 0.4) is 0 Å². The maximum Gasteiger partial charge on any atom is 0.237 e. The topological polar surface area (TPSA) is 113 Å². The van der Waals surface area contributed by atoms with E-state index in [1.165, 1.54) is 0 Å². The molecule has 5 N–H and O–H groups in total. The van der Waals surface area contributed by atoms with Crippen molar-refractivity contribution in [3.8, 4) is 0 Å². The molecule has 7 heteroatoms. The molecule has 1 fully saturated rings. The molecule has 4 atom stereocenters. The summed E-state index contributed by atoms with van der Waals surface area (Å²) in [6, 6.07) is -0.890. The van der Waals surface area contributed by atoms with Crippen LogP contribution in [0.15, 0.2) is 0 Å². The summed E-state index contributed by atoms with van der Waals surface area (Å²) in [5, 5.41) is 9.49. The number of amides is 1. The lowest BCUT2D eigenvalue weighted by Gasteiger charge is -2.20. The van der Waals surface area contributed by atoms with Crippen molar-refractivity contribution in [1.82, 2.24) is 16.0 Å². The van der Waals surface area contributed by atoms with Crippen LogP contribution in [-0.4, -0.2) is 55.7 Å². The van der Waals surface area contributed by atoms with Crippen molar-refractivity contribution in [2.24, 2.45) is 11.7 Å². The zero-order valence-corrected chi connectivity index (χ0v) is 19.8. The fraction of sp³-hybridized carbons (Fsp3) is 0.875. The number of ketones is 1. The summed E-state index contributed by atoms with van der Waals surface area (Å²) in [5.74, 6) is 0.543. The molecule has 31 heavy (non-hydrogen) atoms. The Balaban J connectivity index is 2.30. The van der Waals surface area contributed by atoms with Gasteiger partial charge in [0.05, 0.1) is 24.7 Å². The Bertz CT molecular complexity index is 515. The number of aldehydes is 1. The molecule has 0 bridgehead atoms. The lowest BCUT2D eigenvalue weighted by Crippen LogP contribution is -2.50. The molecule has 1 amide bonds. The molecule has 180 valence electrons. The molecule has 1 aliphatic heterocycles. The van der Waals surface area contributed by atoms with E-state index in [0.29, 0.717) is 18.9 Å². The van der Waals surface area contributed by atoms with E-state index in [4.69, 9.17) is 5.73 Å². The number of unbranched alkanes of at least 4 members (excludes halogenated alkanes) is 7. The van der Waals surface area contributed by atoms with Gasteiger partial charge in [-0.1, -0.05) is 65.2 Å². The van der Waals surface area contributed by atoms with Gasteiger partial charge in [0.2, 0.25) is 5.91 Å². The molecular weight excluding hydrogens is 392 g/mol. The third-order valence-electron chi connectivity index (χ3n) is 6.08. The Labute approximate surface area is 189 Å².